The van der Waals surface area contributed by atoms with Crippen LogP contribution in [0.2, 0.25) is 4.34 Å². The van der Waals surface area contributed by atoms with Crippen molar-refractivity contribution in [3.63, 3.8) is 0 Å². The summed E-state index contributed by atoms with van der Waals surface area (Å²) in [5.41, 5.74) is 0. The van der Waals surface area contributed by atoms with E-state index in [4.69, 9.17) is 16.7 Å². The number of aliphatic carboxylic acids is 1. The van der Waals surface area contributed by atoms with E-state index < -0.39 is 5.97 Å². The van der Waals surface area contributed by atoms with Crippen LogP contribution >= 0.6 is 22.9 Å². The van der Waals surface area contributed by atoms with Crippen molar-refractivity contribution >= 4 is 34.9 Å². The summed E-state index contributed by atoms with van der Waals surface area (Å²) in [7, 11) is 0. The lowest BCUT2D eigenvalue weighted by atomic mass is 9.97. The Morgan fingerprint density at radius 2 is 2.26 bits per heavy atom. The maximum absolute atomic E-state index is 11.9. The Kier molecular flexibility index (Phi) is 4.31. The molecule has 19 heavy (non-hydrogen) atoms. The van der Waals surface area contributed by atoms with Crippen LogP contribution in [0, 0.1) is 5.92 Å². The van der Waals surface area contributed by atoms with Crippen LogP contribution in [0.1, 0.15) is 24.3 Å². The monoisotopic (exact) mass is 302 g/mol. The molecular weight excluding hydrogens is 288 g/mol. The van der Waals surface area contributed by atoms with Gasteiger partial charge in [-0.05, 0) is 19.1 Å². The molecule has 1 unspecified atom stereocenters. The molecule has 7 heteroatoms. The van der Waals surface area contributed by atoms with E-state index in [2.05, 4.69) is 5.32 Å². The smallest absolute Gasteiger partial charge is 0.317 e. The van der Waals surface area contributed by atoms with Gasteiger partial charge in [0.15, 0.2) is 0 Å². The molecule has 1 aliphatic heterocycles. The Morgan fingerprint density at radius 3 is 2.79 bits per heavy atom. The zero-order valence-electron chi connectivity index (χ0n) is 10.4. The lowest BCUT2D eigenvalue weighted by Crippen LogP contribution is -2.54. The lowest BCUT2D eigenvalue weighted by Gasteiger charge is -2.39. The van der Waals surface area contributed by atoms with Crippen molar-refractivity contribution in [1.29, 1.82) is 0 Å². The van der Waals surface area contributed by atoms with Crippen LogP contribution in [-0.2, 0) is 4.79 Å². The molecular formula is C12H15ClN2O3S. The molecule has 1 atom stereocenters. The molecule has 2 amide bonds. The first kappa shape index (κ1) is 14.1. The normalized spacial score (nSPS) is 16.8. The van der Waals surface area contributed by atoms with Crippen LogP contribution in [0.5, 0.6) is 0 Å². The zero-order valence-corrected chi connectivity index (χ0v) is 12.0. The Balaban J connectivity index is 1.78. The fraction of sp³-hybridized carbons (Fsp3) is 0.500. The largest absolute Gasteiger partial charge is 0.481 e. The maximum atomic E-state index is 11.9. The van der Waals surface area contributed by atoms with Gasteiger partial charge < -0.3 is 15.3 Å². The van der Waals surface area contributed by atoms with Gasteiger partial charge in [0.05, 0.1) is 16.8 Å². The fourth-order valence-corrected chi connectivity index (χ4v) is 3.08. The third-order valence-corrected chi connectivity index (χ3v) is 4.48. The van der Waals surface area contributed by atoms with Crippen molar-refractivity contribution in [2.24, 2.45) is 5.92 Å². The third-order valence-electron chi connectivity index (χ3n) is 3.07. The Hall–Kier alpha value is -1.27. The number of rotatable bonds is 4. The topological polar surface area (TPSA) is 69.6 Å². The standard InChI is InChI=1S/C12H15ClN2O3S/c1-7(9-2-3-10(13)19-9)14-12(18)15-5-8(6-15)4-11(16)17/h2-3,7-8H,4-6H2,1H3,(H,14,18)(H,16,17). The van der Waals surface area contributed by atoms with Crippen molar-refractivity contribution < 1.29 is 14.7 Å². The van der Waals surface area contributed by atoms with Gasteiger partial charge >= 0.3 is 12.0 Å². The highest BCUT2D eigenvalue weighted by Gasteiger charge is 2.32. The number of thiophene rings is 1. The van der Waals surface area contributed by atoms with E-state index in [0.29, 0.717) is 17.4 Å². The van der Waals surface area contributed by atoms with Gasteiger partial charge in [-0.15, -0.1) is 11.3 Å². The van der Waals surface area contributed by atoms with Gasteiger partial charge in [0.1, 0.15) is 0 Å². The number of carbonyl (C=O) groups excluding carboxylic acids is 1. The molecule has 1 fully saturated rings. The Morgan fingerprint density at radius 1 is 1.58 bits per heavy atom. The summed E-state index contributed by atoms with van der Waals surface area (Å²) in [5, 5.41) is 11.5. The average molecular weight is 303 g/mol. The summed E-state index contributed by atoms with van der Waals surface area (Å²) in [6.45, 7) is 2.92. The van der Waals surface area contributed by atoms with E-state index in [1.807, 2.05) is 13.0 Å². The minimum absolute atomic E-state index is 0.0785. The Bertz CT molecular complexity index is 485. The first-order valence-corrected chi connectivity index (χ1v) is 7.17. The van der Waals surface area contributed by atoms with Gasteiger partial charge in [0, 0.05) is 23.9 Å². The SMILES string of the molecule is CC(NC(=O)N1CC(CC(=O)O)C1)c1ccc(Cl)s1. The van der Waals surface area contributed by atoms with Crippen LogP contribution in [-0.4, -0.2) is 35.1 Å². The molecule has 1 saturated heterocycles. The van der Waals surface area contributed by atoms with Crippen LogP contribution in [0.4, 0.5) is 4.79 Å². The second kappa shape index (κ2) is 5.79. The molecule has 1 aromatic rings. The number of halogens is 1. The molecule has 5 nitrogen and oxygen atoms in total. The van der Waals surface area contributed by atoms with Gasteiger partial charge in [-0.1, -0.05) is 11.6 Å². The summed E-state index contributed by atoms with van der Waals surface area (Å²) in [5.74, 6) is -0.735. The number of urea groups is 1. The highest BCUT2D eigenvalue weighted by Crippen LogP contribution is 2.27. The molecule has 0 bridgehead atoms. The van der Waals surface area contributed by atoms with Gasteiger partial charge in [-0.3, -0.25) is 4.79 Å². The molecule has 0 saturated carbocycles. The van der Waals surface area contributed by atoms with Gasteiger partial charge in [0.2, 0.25) is 0 Å². The maximum Gasteiger partial charge on any atom is 0.317 e. The number of nitrogens with one attached hydrogen (secondary N) is 1. The zero-order chi connectivity index (χ0) is 14.0. The molecule has 1 aliphatic rings. The predicted molar refractivity (Wildman–Crippen MR) is 73.6 cm³/mol. The molecule has 0 aromatic carbocycles. The fourth-order valence-electron chi connectivity index (χ4n) is 2.02. The van der Waals surface area contributed by atoms with E-state index in [1.165, 1.54) is 11.3 Å². The molecule has 2 heterocycles. The number of carbonyl (C=O) groups is 2. The second-order valence-corrected chi connectivity index (χ2v) is 6.43. The second-order valence-electron chi connectivity index (χ2n) is 4.68. The van der Waals surface area contributed by atoms with Crippen molar-refractivity contribution in [3.05, 3.63) is 21.3 Å². The number of nitrogens with zero attached hydrogens (tertiary/aromatic N) is 1. The van der Waals surface area contributed by atoms with E-state index in [-0.39, 0.29) is 24.4 Å². The number of carboxylic acids is 1. The van der Waals surface area contributed by atoms with Crippen molar-refractivity contribution in [3.8, 4) is 0 Å². The van der Waals surface area contributed by atoms with Crippen LogP contribution < -0.4 is 5.32 Å². The number of amides is 2. The molecule has 2 N–H and O–H groups in total. The number of hydrogen-bond acceptors (Lipinski definition) is 3. The van der Waals surface area contributed by atoms with E-state index in [9.17, 15) is 9.59 Å². The van der Waals surface area contributed by atoms with Crippen LogP contribution in [0.15, 0.2) is 12.1 Å². The molecule has 0 spiro atoms. The predicted octanol–water partition coefficient (Wildman–Crippen LogP) is 2.58. The van der Waals surface area contributed by atoms with Gasteiger partial charge in [0.25, 0.3) is 0 Å². The number of carboxylic acid groups (broad SMARTS) is 1. The summed E-state index contributed by atoms with van der Waals surface area (Å²) in [4.78, 5) is 25.0. The highest BCUT2D eigenvalue weighted by molar-refractivity contribution is 7.16. The molecule has 1 aromatic heterocycles. The van der Waals surface area contributed by atoms with E-state index in [1.54, 1.807) is 11.0 Å². The molecule has 0 radical (unpaired) electrons. The van der Waals surface area contributed by atoms with Gasteiger partial charge in [-0.25, -0.2) is 4.79 Å². The summed E-state index contributed by atoms with van der Waals surface area (Å²) in [6, 6.07) is 3.44. The van der Waals surface area contributed by atoms with E-state index in [0.717, 1.165) is 4.88 Å². The number of likely N-dealkylation sites (tertiary alicyclic amines) is 1. The molecule has 104 valence electrons. The first-order chi connectivity index (χ1) is 8.95. The van der Waals surface area contributed by atoms with Crippen LogP contribution in [0.3, 0.4) is 0 Å². The van der Waals surface area contributed by atoms with Crippen molar-refractivity contribution in [1.82, 2.24) is 10.2 Å². The quantitative estimate of drug-likeness (QED) is 0.898. The summed E-state index contributed by atoms with van der Waals surface area (Å²) < 4.78 is 0.696. The molecule has 2 rings (SSSR count). The summed E-state index contributed by atoms with van der Waals surface area (Å²) >= 11 is 7.29. The Labute approximate surface area is 120 Å². The first-order valence-electron chi connectivity index (χ1n) is 5.98. The molecule has 0 aliphatic carbocycles. The summed E-state index contributed by atoms with van der Waals surface area (Å²) in [6.07, 6.45) is 0.125. The highest BCUT2D eigenvalue weighted by atomic mass is 35.5. The average Bonchev–Trinajstić information content (AvgIpc) is 2.69. The number of hydrogen-bond donors (Lipinski definition) is 2. The van der Waals surface area contributed by atoms with Crippen molar-refractivity contribution in [2.75, 3.05) is 13.1 Å². The van der Waals surface area contributed by atoms with Gasteiger partial charge in [-0.2, -0.15) is 0 Å². The third kappa shape index (κ3) is 3.61. The van der Waals surface area contributed by atoms with Crippen molar-refractivity contribution in [2.45, 2.75) is 19.4 Å². The van der Waals surface area contributed by atoms with Crippen LogP contribution in [0.25, 0.3) is 0 Å². The minimum Gasteiger partial charge on any atom is -0.481 e. The van der Waals surface area contributed by atoms with E-state index >= 15 is 0 Å². The minimum atomic E-state index is -0.813. The lowest BCUT2D eigenvalue weighted by molar-refractivity contribution is -0.139.